The Hall–Kier alpha value is -3.60. The predicted molar refractivity (Wildman–Crippen MR) is 109 cm³/mol. The van der Waals surface area contributed by atoms with Crippen LogP contribution in [-0.4, -0.2) is 49.5 Å². The molecule has 1 unspecified atom stereocenters. The zero-order valence-corrected chi connectivity index (χ0v) is 16.6. The van der Waals surface area contributed by atoms with Crippen molar-refractivity contribution in [2.24, 2.45) is 5.16 Å². The van der Waals surface area contributed by atoms with E-state index >= 15 is 0 Å². The summed E-state index contributed by atoms with van der Waals surface area (Å²) in [4.78, 5) is 30.0. The van der Waals surface area contributed by atoms with Gasteiger partial charge in [-0.1, -0.05) is 11.2 Å². The van der Waals surface area contributed by atoms with E-state index in [2.05, 4.69) is 10.5 Å². The molecular formula is C20H20F2N4O5. The molecule has 3 rings (SSSR count). The van der Waals surface area contributed by atoms with Gasteiger partial charge in [-0.2, -0.15) is 0 Å². The third-order valence-electron chi connectivity index (χ3n) is 4.53. The van der Waals surface area contributed by atoms with Gasteiger partial charge in [-0.25, -0.2) is 8.78 Å². The van der Waals surface area contributed by atoms with Gasteiger partial charge in [-0.3, -0.25) is 14.9 Å². The molecule has 0 saturated carbocycles. The number of nitrogens with one attached hydrogen (secondary N) is 1. The predicted octanol–water partition coefficient (Wildman–Crippen LogP) is 3.09. The Morgan fingerprint density at radius 2 is 2.00 bits per heavy atom. The lowest BCUT2D eigenvalue weighted by atomic mass is 10.1. The zero-order chi connectivity index (χ0) is 22.4. The quantitative estimate of drug-likeness (QED) is 0.408. The number of hydrogen-bond acceptors (Lipinski definition) is 7. The Labute approximate surface area is 176 Å². The van der Waals surface area contributed by atoms with Crippen molar-refractivity contribution in [2.45, 2.75) is 13.0 Å². The van der Waals surface area contributed by atoms with E-state index in [4.69, 9.17) is 9.57 Å². The van der Waals surface area contributed by atoms with Crippen LogP contribution in [0.4, 0.5) is 25.8 Å². The summed E-state index contributed by atoms with van der Waals surface area (Å²) >= 11 is 0. The standard InChI is InChI=1S/C20H20F2N4O5/c1-13(20(27)24-15-3-4-16(21)17(22)11-15)31-23-12-14-2-5-18(19(10-14)26(28)29)25-6-8-30-9-7-25/h2-5,10-13H,6-9H2,1H3,(H,24,27)/b23-12+. The molecule has 1 fully saturated rings. The summed E-state index contributed by atoms with van der Waals surface area (Å²) < 4.78 is 31.4. The van der Waals surface area contributed by atoms with Crippen molar-refractivity contribution in [2.75, 3.05) is 36.5 Å². The van der Waals surface area contributed by atoms with Gasteiger partial charge in [-0.05, 0) is 25.1 Å². The van der Waals surface area contributed by atoms with Crippen LogP contribution in [0.25, 0.3) is 0 Å². The van der Waals surface area contributed by atoms with Crippen LogP contribution in [-0.2, 0) is 14.4 Å². The first kappa shape index (κ1) is 22.1. The van der Waals surface area contributed by atoms with Gasteiger partial charge < -0.3 is 19.8 Å². The summed E-state index contributed by atoms with van der Waals surface area (Å²) in [6, 6.07) is 7.59. The van der Waals surface area contributed by atoms with Crippen molar-refractivity contribution >= 4 is 29.2 Å². The number of hydrogen-bond donors (Lipinski definition) is 1. The second-order valence-electron chi connectivity index (χ2n) is 6.70. The third-order valence-corrected chi connectivity index (χ3v) is 4.53. The summed E-state index contributed by atoms with van der Waals surface area (Å²) in [5, 5.41) is 17.6. The van der Waals surface area contributed by atoms with Crippen molar-refractivity contribution in [3.8, 4) is 0 Å². The highest BCUT2D eigenvalue weighted by Gasteiger charge is 2.22. The number of morpholine rings is 1. The summed E-state index contributed by atoms with van der Waals surface area (Å²) in [6.45, 7) is 3.53. The SMILES string of the molecule is CC(O/N=C/c1ccc(N2CCOCC2)c([N+](=O)[O-])c1)C(=O)Nc1ccc(F)c(F)c1. The minimum absolute atomic E-state index is 0.0673. The second kappa shape index (κ2) is 9.94. The number of nitro groups is 1. The number of nitro benzene ring substituents is 1. The molecule has 0 radical (unpaired) electrons. The summed E-state index contributed by atoms with van der Waals surface area (Å²) in [5.41, 5.74) is 0.898. The van der Waals surface area contributed by atoms with Crippen LogP contribution in [0.5, 0.6) is 0 Å². The van der Waals surface area contributed by atoms with Crippen molar-refractivity contribution in [1.29, 1.82) is 0 Å². The number of benzene rings is 2. The molecule has 1 saturated heterocycles. The van der Waals surface area contributed by atoms with Gasteiger partial charge in [-0.15, -0.1) is 0 Å². The largest absolute Gasteiger partial charge is 0.383 e. The number of carbonyl (C=O) groups excluding carboxylic acids is 1. The number of halogens is 2. The maximum absolute atomic E-state index is 13.2. The average Bonchev–Trinajstić information content (AvgIpc) is 2.76. The first-order chi connectivity index (χ1) is 14.8. The van der Waals surface area contributed by atoms with Gasteiger partial charge in [0.2, 0.25) is 6.10 Å². The number of amides is 1. The summed E-state index contributed by atoms with van der Waals surface area (Å²) in [6.07, 6.45) is 0.198. The lowest BCUT2D eigenvalue weighted by Crippen LogP contribution is -2.36. The van der Waals surface area contributed by atoms with Crippen LogP contribution < -0.4 is 10.2 Å². The lowest BCUT2D eigenvalue weighted by Gasteiger charge is -2.28. The number of rotatable bonds is 7. The highest BCUT2D eigenvalue weighted by atomic mass is 19.2. The number of carbonyl (C=O) groups is 1. The highest BCUT2D eigenvalue weighted by Crippen LogP contribution is 2.29. The smallest absolute Gasteiger partial charge is 0.293 e. The Morgan fingerprint density at radius 1 is 1.26 bits per heavy atom. The second-order valence-corrected chi connectivity index (χ2v) is 6.70. The topological polar surface area (TPSA) is 106 Å². The minimum Gasteiger partial charge on any atom is -0.383 e. The number of ether oxygens (including phenoxy) is 1. The van der Waals surface area contributed by atoms with Crippen LogP contribution in [0.1, 0.15) is 12.5 Å². The molecule has 164 valence electrons. The first-order valence-corrected chi connectivity index (χ1v) is 9.41. The van der Waals surface area contributed by atoms with E-state index in [9.17, 15) is 23.7 Å². The van der Waals surface area contributed by atoms with Crippen molar-refractivity contribution < 1.29 is 28.1 Å². The third kappa shape index (κ3) is 5.72. The fraction of sp³-hybridized carbons (Fsp3) is 0.300. The fourth-order valence-electron chi connectivity index (χ4n) is 2.89. The Kier molecular flexibility index (Phi) is 7.08. The molecule has 31 heavy (non-hydrogen) atoms. The number of nitrogens with zero attached hydrogens (tertiary/aromatic N) is 3. The fourth-order valence-corrected chi connectivity index (χ4v) is 2.89. The van der Waals surface area contributed by atoms with Crippen LogP contribution in [0.3, 0.4) is 0 Å². The summed E-state index contributed by atoms with van der Waals surface area (Å²) in [5.74, 6) is -2.75. The van der Waals surface area contributed by atoms with Gasteiger partial charge in [0.05, 0.1) is 24.4 Å². The molecule has 1 aliphatic heterocycles. The highest BCUT2D eigenvalue weighted by molar-refractivity contribution is 5.94. The van der Waals surface area contributed by atoms with Crippen molar-refractivity contribution in [3.05, 3.63) is 63.7 Å². The van der Waals surface area contributed by atoms with E-state index in [1.165, 1.54) is 25.3 Å². The van der Waals surface area contributed by atoms with Crippen LogP contribution in [0, 0.1) is 21.7 Å². The molecule has 2 aromatic carbocycles. The molecule has 9 nitrogen and oxygen atoms in total. The van der Waals surface area contributed by atoms with E-state index in [1.807, 2.05) is 4.90 Å². The Balaban J connectivity index is 1.62. The van der Waals surface area contributed by atoms with Crippen LogP contribution in [0.2, 0.25) is 0 Å². The molecule has 1 heterocycles. The van der Waals surface area contributed by atoms with E-state index in [0.29, 0.717) is 37.6 Å². The summed E-state index contributed by atoms with van der Waals surface area (Å²) in [7, 11) is 0. The van der Waals surface area contributed by atoms with E-state index in [0.717, 1.165) is 12.1 Å². The molecule has 0 aromatic heterocycles. The number of anilines is 2. The molecule has 1 aliphatic rings. The molecule has 11 heteroatoms. The molecule has 2 aromatic rings. The van der Waals surface area contributed by atoms with Gasteiger partial charge in [0.25, 0.3) is 11.6 Å². The van der Waals surface area contributed by atoms with Crippen LogP contribution >= 0.6 is 0 Å². The van der Waals surface area contributed by atoms with Gasteiger partial charge in [0.1, 0.15) is 5.69 Å². The lowest BCUT2D eigenvalue weighted by molar-refractivity contribution is -0.384. The van der Waals surface area contributed by atoms with Crippen LogP contribution in [0.15, 0.2) is 41.6 Å². The van der Waals surface area contributed by atoms with E-state index < -0.39 is 28.6 Å². The average molecular weight is 434 g/mol. The molecular weight excluding hydrogens is 414 g/mol. The first-order valence-electron chi connectivity index (χ1n) is 9.41. The van der Waals surface area contributed by atoms with Gasteiger partial charge in [0, 0.05) is 36.5 Å². The molecule has 1 amide bonds. The minimum atomic E-state index is -1.09. The number of oxime groups is 1. The van der Waals surface area contributed by atoms with Crippen molar-refractivity contribution in [1.82, 2.24) is 0 Å². The van der Waals surface area contributed by atoms with Crippen molar-refractivity contribution in [3.63, 3.8) is 0 Å². The molecule has 1 atom stereocenters. The Morgan fingerprint density at radius 3 is 2.68 bits per heavy atom. The molecule has 0 spiro atoms. The zero-order valence-electron chi connectivity index (χ0n) is 16.6. The molecule has 0 bridgehead atoms. The van der Waals surface area contributed by atoms with E-state index in [-0.39, 0.29) is 11.4 Å². The maximum Gasteiger partial charge on any atom is 0.293 e. The monoisotopic (exact) mass is 434 g/mol. The molecule has 1 N–H and O–H groups in total. The maximum atomic E-state index is 13.2. The van der Waals surface area contributed by atoms with Gasteiger partial charge in [0.15, 0.2) is 11.6 Å². The molecule has 0 aliphatic carbocycles. The Bertz CT molecular complexity index is 996. The van der Waals surface area contributed by atoms with Gasteiger partial charge >= 0.3 is 0 Å². The van der Waals surface area contributed by atoms with E-state index in [1.54, 1.807) is 12.1 Å². The normalized spacial score (nSPS) is 15.0.